The van der Waals surface area contributed by atoms with Crippen molar-refractivity contribution < 1.29 is 14.1 Å². The Morgan fingerprint density at radius 1 is 1.39 bits per heavy atom. The largest absolute Gasteiger partial charge is 0.481 e. The number of hydrogen-bond acceptors (Lipinski definition) is 4. The first-order valence-electron chi connectivity index (χ1n) is 7.63. The van der Waals surface area contributed by atoms with Crippen LogP contribution in [0.3, 0.4) is 0 Å². The van der Waals surface area contributed by atoms with E-state index in [0.29, 0.717) is 11.6 Å². The van der Waals surface area contributed by atoms with Crippen LogP contribution in [0.25, 0.3) is 0 Å². The number of ether oxygens (including phenoxy) is 1. The van der Waals surface area contributed by atoms with Crippen molar-refractivity contribution >= 4 is 5.91 Å². The number of nitrogens with one attached hydrogen (secondary N) is 1. The van der Waals surface area contributed by atoms with Crippen LogP contribution in [0.2, 0.25) is 0 Å². The first-order chi connectivity index (χ1) is 11.2. The molecule has 1 aromatic heterocycles. The summed E-state index contributed by atoms with van der Waals surface area (Å²) in [5.74, 6) is 7.52. The van der Waals surface area contributed by atoms with E-state index in [-0.39, 0.29) is 19.1 Å². The molecule has 2 aromatic rings. The molecule has 1 aliphatic rings. The van der Waals surface area contributed by atoms with Crippen molar-refractivity contribution in [3.8, 4) is 17.6 Å². The van der Waals surface area contributed by atoms with E-state index in [9.17, 15) is 4.79 Å². The van der Waals surface area contributed by atoms with Gasteiger partial charge in [-0.1, -0.05) is 35.2 Å². The summed E-state index contributed by atoms with van der Waals surface area (Å²) in [7, 11) is 0. The van der Waals surface area contributed by atoms with E-state index in [1.54, 1.807) is 6.07 Å². The van der Waals surface area contributed by atoms with E-state index in [1.807, 2.05) is 31.2 Å². The van der Waals surface area contributed by atoms with E-state index in [1.165, 1.54) is 0 Å². The third-order valence-electron chi connectivity index (χ3n) is 3.60. The quantitative estimate of drug-likeness (QED) is 0.862. The van der Waals surface area contributed by atoms with Crippen LogP contribution in [0.1, 0.15) is 40.6 Å². The molecule has 0 aliphatic heterocycles. The Morgan fingerprint density at radius 3 is 3.00 bits per heavy atom. The highest BCUT2D eigenvalue weighted by Crippen LogP contribution is 2.40. The zero-order valence-corrected chi connectivity index (χ0v) is 13.0. The molecule has 0 saturated heterocycles. The summed E-state index contributed by atoms with van der Waals surface area (Å²) in [4.78, 5) is 11.9. The molecule has 23 heavy (non-hydrogen) atoms. The molecule has 0 radical (unpaired) electrons. The van der Waals surface area contributed by atoms with Crippen LogP contribution in [0.5, 0.6) is 5.75 Å². The third-order valence-corrected chi connectivity index (χ3v) is 3.60. The van der Waals surface area contributed by atoms with Gasteiger partial charge in [-0.3, -0.25) is 4.79 Å². The van der Waals surface area contributed by atoms with Gasteiger partial charge in [-0.2, -0.15) is 0 Å². The van der Waals surface area contributed by atoms with E-state index in [0.717, 1.165) is 29.9 Å². The molecule has 0 bridgehead atoms. The van der Waals surface area contributed by atoms with Gasteiger partial charge in [0, 0.05) is 12.0 Å². The molecule has 1 heterocycles. The number of aromatic nitrogens is 1. The third kappa shape index (κ3) is 4.13. The van der Waals surface area contributed by atoms with Gasteiger partial charge in [0.05, 0.1) is 6.54 Å². The maximum atomic E-state index is 11.9. The lowest BCUT2D eigenvalue weighted by Crippen LogP contribution is -2.23. The van der Waals surface area contributed by atoms with Gasteiger partial charge >= 0.3 is 0 Å². The Morgan fingerprint density at radius 2 is 2.22 bits per heavy atom. The molecule has 0 atom stereocenters. The Labute approximate surface area is 135 Å². The summed E-state index contributed by atoms with van der Waals surface area (Å²) in [6.45, 7) is 2.52. The summed E-state index contributed by atoms with van der Waals surface area (Å²) in [6, 6.07) is 9.48. The van der Waals surface area contributed by atoms with Gasteiger partial charge in [0.15, 0.2) is 5.69 Å². The lowest BCUT2D eigenvalue weighted by atomic mass is 10.2. The Hall–Kier alpha value is -2.74. The monoisotopic (exact) mass is 310 g/mol. The summed E-state index contributed by atoms with van der Waals surface area (Å²) >= 11 is 0. The molecule has 1 aliphatic carbocycles. The Bertz CT molecular complexity index is 751. The molecule has 1 N–H and O–H groups in total. The number of para-hydroxylation sites is 1. The topological polar surface area (TPSA) is 64.4 Å². The van der Waals surface area contributed by atoms with Crippen molar-refractivity contribution in [2.45, 2.75) is 25.7 Å². The number of rotatable bonds is 5. The number of benzene rings is 1. The lowest BCUT2D eigenvalue weighted by molar-refractivity contribution is 0.0949. The van der Waals surface area contributed by atoms with Crippen molar-refractivity contribution in [1.29, 1.82) is 0 Å². The normalized spacial score (nSPS) is 13.1. The van der Waals surface area contributed by atoms with Crippen molar-refractivity contribution in [3.63, 3.8) is 0 Å². The molecule has 3 rings (SSSR count). The summed E-state index contributed by atoms with van der Waals surface area (Å²) < 4.78 is 10.7. The molecule has 1 aromatic carbocycles. The number of hydrogen-bond donors (Lipinski definition) is 1. The molecule has 1 saturated carbocycles. The minimum atomic E-state index is -0.269. The minimum Gasteiger partial charge on any atom is -0.481 e. The molecule has 0 unspecified atom stereocenters. The van der Waals surface area contributed by atoms with Crippen LogP contribution in [-0.2, 0) is 0 Å². The maximum Gasteiger partial charge on any atom is 0.274 e. The van der Waals surface area contributed by atoms with Gasteiger partial charge in [-0.15, -0.1) is 0 Å². The van der Waals surface area contributed by atoms with Crippen LogP contribution in [0.4, 0.5) is 0 Å². The van der Waals surface area contributed by atoms with Crippen LogP contribution in [-0.4, -0.2) is 24.2 Å². The van der Waals surface area contributed by atoms with Gasteiger partial charge in [-0.05, 0) is 31.4 Å². The van der Waals surface area contributed by atoms with Crippen molar-refractivity contribution in [2.75, 3.05) is 13.2 Å². The zero-order valence-electron chi connectivity index (χ0n) is 13.0. The first-order valence-corrected chi connectivity index (χ1v) is 7.63. The predicted octanol–water partition coefficient (Wildman–Crippen LogP) is 2.67. The van der Waals surface area contributed by atoms with Crippen molar-refractivity contribution in [3.05, 3.63) is 47.3 Å². The van der Waals surface area contributed by atoms with Crippen LogP contribution >= 0.6 is 0 Å². The van der Waals surface area contributed by atoms with Crippen molar-refractivity contribution in [2.24, 2.45) is 0 Å². The molecular weight excluding hydrogens is 292 g/mol. The van der Waals surface area contributed by atoms with Gasteiger partial charge in [0.1, 0.15) is 18.1 Å². The highest BCUT2D eigenvalue weighted by molar-refractivity contribution is 5.92. The molecule has 1 fully saturated rings. The molecule has 5 heteroatoms. The lowest BCUT2D eigenvalue weighted by Gasteiger charge is -2.04. The van der Waals surface area contributed by atoms with Crippen LogP contribution in [0.15, 0.2) is 34.9 Å². The Kier molecular flexibility index (Phi) is 4.62. The second kappa shape index (κ2) is 7.01. The van der Waals surface area contributed by atoms with Crippen LogP contribution in [0, 0.1) is 18.8 Å². The van der Waals surface area contributed by atoms with Crippen LogP contribution < -0.4 is 10.1 Å². The highest BCUT2D eigenvalue weighted by atomic mass is 16.5. The second-order valence-corrected chi connectivity index (χ2v) is 5.48. The number of amides is 1. The molecular formula is C18H18N2O3. The molecule has 1 amide bonds. The number of aryl methyl sites for hydroxylation is 1. The highest BCUT2D eigenvalue weighted by Gasteiger charge is 2.28. The molecule has 118 valence electrons. The minimum absolute atomic E-state index is 0.252. The maximum absolute atomic E-state index is 11.9. The summed E-state index contributed by atoms with van der Waals surface area (Å²) in [5.41, 5.74) is 1.38. The zero-order chi connectivity index (χ0) is 16.1. The first kappa shape index (κ1) is 15.2. The van der Waals surface area contributed by atoms with Gasteiger partial charge in [-0.25, -0.2) is 0 Å². The summed E-state index contributed by atoms with van der Waals surface area (Å²) in [6.07, 6.45) is 2.23. The standard InChI is InChI=1S/C18H18N2O3/c1-13-6-2-3-7-16(13)22-11-5-4-10-19-18(21)15-12-17(23-20-15)14-8-9-14/h2-3,6-7,12,14H,8-11H2,1H3,(H,19,21). The average Bonchev–Trinajstić information content (AvgIpc) is 3.29. The van der Waals surface area contributed by atoms with E-state index >= 15 is 0 Å². The molecule has 0 spiro atoms. The smallest absolute Gasteiger partial charge is 0.274 e. The average molecular weight is 310 g/mol. The second-order valence-electron chi connectivity index (χ2n) is 5.48. The van der Waals surface area contributed by atoms with Gasteiger partial charge in [0.25, 0.3) is 5.91 Å². The number of nitrogens with zero attached hydrogens (tertiary/aromatic N) is 1. The van der Waals surface area contributed by atoms with E-state index in [2.05, 4.69) is 22.3 Å². The fourth-order valence-corrected chi connectivity index (χ4v) is 2.12. The SMILES string of the molecule is Cc1ccccc1OCC#CCNC(=O)c1cc(C2CC2)on1. The van der Waals surface area contributed by atoms with E-state index < -0.39 is 0 Å². The van der Waals surface area contributed by atoms with Gasteiger partial charge in [0.2, 0.25) is 0 Å². The molecule has 5 nitrogen and oxygen atoms in total. The fourth-order valence-electron chi connectivity index (χ4n) is 2.12. The number of carbonyl (C=O) groups excluding carboxylic acids is 1. The number of carbonyl (C=O) groups is 1. The predicted molar refractivity (Wildman–Crippen MR) is 85.3 cm³/mol. The summed E-state index contributed by atoms with van der Waals surface area (Å²) in [5, 5.41) is 6.47. The Balaban J connectivity index is 1.40. The fraction of sp³-hybridized carbons (Fsp3) is 0.333. The van der Waals surface area contributed by atoms with Crippen molar-refractivity contribution in [1.82, 2.24) is 10.5 Å². The van der Waals surface area contributed by atoms with Gasteiger partial charge < -0.3 is 14.6 Å². The van der Waals surface area contributed by atoms with E-state index in [4.69, 9.17) is 9.26 Å².